The minimum atomic E-state index is -4.57. The van der Waals surface area contributed by atoms with Gasteiger partial charge in [0, 0.05) is 7.05 Å². The van der Waals surface area contributed by atoms with Gasteiger partial charge in [-0.2, -0.15) is 13.2 Å². The van der Waals surface area contributed by atoms with Crippen LogP contribution in [0, 0.1) is 0 Å². The van der Waals surface area contributed by atoms with Gasteiger partial charge in [0.2, 0.25) is 11.7 Å². The molecule has 0 saturated carbocycles. The largest absolute Gasteiger partial charge is 0.451 e. The molecule has 140 valence electrons. The van der Waals surface area contributed by atoms with Crippen molar-refractivity contribution in [3.63, 3.8) is 0 Å². The van der Waals surface area contributed by atoms with Gasteiger partial charge in [-0.25, -0.2) is 0 Å². The number of amides is 1. The lowest BCUT2D eigenvalue weighted by atomic mass is 9.88. The quantitative estimate of drug-likeness (QED) is 0.820. The summed E-state index contributed by atoms with van der Waals surface area (Å²) in [6.07, 6.45) is -1.74. The van der Waals surface area contributed by atoms with Crippen molar-refractivity contribution in [2.24, 2.45) is 7.05 Å². The van der Waals surface area contributed by atoms with Crippen LogP contribution in [0.5, 0.6) is 0 Å². The van der Waals surface area contributed by atoms with Crippen molar-refractivity contribution in [2.45, 2.75) is 48.8 Å². The van der Waals surface area contributed by atoms with Crippen molar-refractivity contribution in [1.82, 2.24) is 20.1 Å². The van der Waals surface area contributed by atoms with Gasteiger partial charge in [-0.05, 0) is 37.3 Å². The fourth-order valence-electron chi connectivity index (χ4n) is 3.07. The van der Waals surface area contributed by atoms with E-state index in [4.69, 9.17) is 0 Å². The number of carbonyl (C=O) groups is 1. The van der Waals surface area contributed by atoms with Crippen LogP contribution in [0.3, 0.4) is 0 Å². The maximum absolute atomic E-state index is 12.8. The van der Waals surface area contributed by atoms with E-state index in [0.717, 1.165) is 41.2 Å². The predicted molar refractivity (Wildman–Crippen MR) is 91.6 cm³/mol. The number of aryl methyl sites for hydroxylation is 1. The zero-order valence-corrected chi connectivity index (χ0v) is 15.2. The minimum absolute atomic E-state index is 0.0593. The summed E-state index contributed by atoms with van der Waals surface area (Å²) in [5.41, 5.74) is 2.34. The van der Waals surface area contributed by atoms with Crippen LogP contribution >= 0.6 is 11.8 Å². The number of benzene rings is 1. The van der Waals surface area contributed by atoms with Crippen molar-refractivity contribution in [1.29, 1.82) is 0 Å². The minimum Gasteiger partial charge on any atom is -0.348 e. The number of alkyl halides is 3. The Bertz CT molecular complexity index is 806. The number of halogens is 3. The van der Waals surface area contributed by atoms with E-state index in [1.807, 2.05) is 18.2 Å². The number of rotatable bonds is 4. The van der Waals surface area contributed by atoms with Crippen molar-refractivity contribution in [3.05, 3.63) is 41.2 Å². The molecule has 2 atom stereocenters. The Kier molecular flexibility index (Phi) is 5.27. The SMILES string of the molecule is C[C@H](Sc1nnc(C(F)(F)F)n1C)C(=O)N[C@H]1CCCc2ccccc21. The molecule has 0 fully saturated rings. The Balaban J connectivity index is 1.67. The van der Waals surface area contributed by atoms with Crippen molar-refractivity contribution in [3.8, 4) is 0 Å². The van der Waals surface area contributed by atoms with E-state index in [9.17, 15) is 18.0 Å². The highest BCUT2D eigenvalue weighted by Crippen LogP contribution is 2.32. The van der Waals surface area contributed by atoms with Gasteiger partial charge >= 0.3 is 6.18 Å². The molecule has 1 N–H and O–H groups in total. The Hall–Kier alpha value is -2.03. The van der Waals surface area contributed by atoms with Crippen molar-refractivity contribution in [2.75, 3.05) is 0 Å². The first-order valence-corrected chi connectivity index (χ1v) is 9.16. The van der Waals surface area contributed by atoms with Gasteiger partial charge in [0.15, 0.2) is 5.16 Å². The standard InChI is InChI=1S/C17H19F3N4OS/c1-10(26-16-23-22-15(24(16)2)17(18,19)20)14(25)21-13-9-5-7-11-6-3-4-8-12(11)13/h3-4,6,8,10,13H,5,7,9H2,1-2H3,(H,21,25)/t10-,13-/m0/s1. The molecule has 0 bridgehead atoms. The summed E-state index contributed by atoms with van der Waals surface area (Å²) < 4.78 is 39.3. The van der Waals surface area contributed by atoms with Gasteiger partial charge in [-0.3, -0.25) is 4.79 Å². The number of carbonyl (C=O) groups excluding carboxylic acids is 1. The average Bonchev–Trinajstić information content (AvgIpc) is 2.96. The maximum Gasteiger partial charge on any atom is 0.451 e. The lowest BCUT2D eigenvalue weighted by Crippen LogP contribution is -2.36. The van der Waals surface area contributed by atoms with Crippen molar-refractivity contribution < 1.29 is 18.0 Å². The third kappa shape index (κ3) is 3.87. The molecule has 0 saturated heterocycles. The number of hydrogen-bond acceptors (Lipinski definition) is 4. The Morgan fingerprint density at radius 1 is 1.35 bits per heavy atom. The molecule has 0 aliphatic heterocycles. The summed E-state index contributed by atoms with van der Waals surface area (Å²) in [4.78, 5) is 12.5. The monoisotopic (exact) mass is 384 g/mol. The summed E-state index contributed by atoms with van der Waals surface area (Å²) >= 11 is 0.962. The third-order valence-electron chi connectivity index (χ3n) is 4.43. The van der Waals surface area contributed by atoms with E-state index >= 15 is 0 Å². The zero-order valence-electron chi connectivity index (χ0n) is 14.4. The molecule has 0 spiro atoms. The Morgan fingerprint density at radius 2 is 2.08 bits per heavy atom. The Labute approximate surface area is 153 Å². The highest BCUT2D eigenvalue weighted by atomic mass is 32.2. The first kappa shape index (κ1) is 18.8. The molecule has 26 heavy (non-hydrogen) atoms. The van der Waals surface area contributed by atoms with Crippen molar-refractivity contribution >= 4 is 17.7 Å². The van der Waals surface area contributed by atoms with E-state index < -0.39 is 17.3 Å². The molecule has 0 radical (unpaired) electrons. The highest BCUT2D eigenvalue weighted by Gasteiger charge is 2.38. The lowest BCUT2D eigenvalue weighted by molar-refractivity contribution is -0.147. The van der Waals surface area contributed by atoms with Gasteiger partial charge < -0.3 is 9.88 Å². The number of fused-ring (bicyclic) bond motifs is 1. The van der Waals surface area contributed by atoms with Crippen LogP contribution in [-0.4, -0.2) is 25.9 Å². The van der Waals surface area contributed by atoms with Crippen LogP contribution < -0.4 is 5.32 Å². The molecule has 2 aromatic rings. The van der Waals surface area contributed by atoms with Crippen LogP contribution in [0.2, 0.25) is 0 Å². The lowest BCUT2D eigenvalue weighted by Gasteiger charge is -2.27. The number of thioether (sulfide) groups is 1. The zero-order chi connectivity index (χ0) is 18.9. The van der Waals surface area contributed by atoms with Crippen LogP contribution in [-0.2, 0) is 24.4 Å². The molecule has 1 aliphatic carbocycles. The molecule has 5 nitrogen and oxygen atoms in total. The van der Waals surface area contributed by atoms with Crippen LogP contribution in [0.15, 0.2) is 29.4 Å². The second kappa shape index (κ2) is 7.30. The fraction of sp³-hybridized carbons (Fsp3) is 0.471. The summed E-state index contributed by atoms with van der Waals surface area (Å²) in [7, 11) is 1.24. The highest BCUT2D eigenvalue weighted by molar-refractivity contribution is 8.00. The third-order valence-corrected chi connectivity index (χ3v) is 5.56. The summed E-state index contributed by atoms with van der Waals surface area (Å²) in [5, 5.41) is 9.23. The van der Waals surface area contributed by atoms with E-state index in [-0.39, 0.29) is 17.1 Å². The molecule has 9 heteroatoms. The molecule has 1 aliphatic rings. The van der Waals surface area contributed by atoms with Crippen LogP contribution in [0.25, 0.3) is 0 Å². The fourth-order valence-corrected chi connectivity index (χ4v) is 3.89. The predicted octanol–water partition coefficient (Wildman–Crippen LogP) is 3.51. The van der Waals surface area contributed by atoms with Gasteiger partial charge in [-0.15, -0.1) is 10.2 Å². The maximum atomic E-state index is 12.8. The molecule has 1 amide bonds. The number of nitrogens with zero attached hydrogens (tertiary/aromatic N) is 3. The molecule has 3 rings (SSSR count). The summed E-state index contributed by atoms with van der Waals surface area (Å²) in [5.74, 6) is -1.30. The second-order valence-corrected chi connectivity index (χ2v) is 7.58. The second-order valence-electron chi connectivity index (χ2n) is 6.28. The van der Waals surface area contributed by atoms with E-state index in [1.54, 1.807) is 6.92 Å². The molecule has 1 aromatic heterocycles. The topological polar surface area (TPSA) is 59.8 Å². The van der Waals surface area contributed by atoms with Crippen LogP contribution in [0.1, 0.15) is 42.8 Å². The average molecular weight is 384 g/mol. The molecular formula is C17H19F3N4OS. The van der Waals surface area contributed by atoms with E-state index in [0.29, 0.717) is 0 Å². The first-order chi connectivity index (χ1) is 12.3. The normalized spacial score (nSPS) is 18.3. The van der Waals surface area contributed by atoms with E-state index in [2.05, 4.69) is 21.6 Å². The molecule has 1 heterocycles. The van der Waals surface area contributed by atoms with Gasteiger partial charge in [-0.1, -0.05) is 36.0 Å². The molecule has 0 unspecified atom stereocenters. The Morgan fingerprint density at radius 3 is 2.77 bits per heavy atom. The van der Waals surface area contributed by atoms with Gasteiger partial charge in [0.25, 0.3) is 0 Å². The number of aromatic nitrogens is 3. The smallest absolute Gasteiger partial charge is 0.348 e. The van der Waals surface area contributed by atoms with Gasteiger partial charge in [0.1, 0.15) is 0 Å². The van der Waals surface area contributed by atoms with Gasteiger partial charge in [0.05, 0.1) is 11.3 Å². The number of nitrogens with one attached hydrogen (secondary N) is 1. The number of hydrogen-bond donors (Lipinski definition) is 1. The molecule has 1 aromatic carbocycles. The van der Waals surface area contributed by atoms with E-state index in [1.165, 1.54) is 12.6 Å². The summed E-state index contributed by atoms with van der Waals surface area (Å²) in [6, 6.07) is 7.92. The first-order valence-electron chi connectivity index (χ1n) is 8.29. The van der Waals surface area contributed by atoms with Crippen LogP contribution in [0.4, 0.5) is 13.2 Å². The molecular weight excluding hydrogens is 365 g/mol. The summed E-state index contributed by atoms with van der Waals surface area (Å²) in [6.45, 7) is 1.65.